The monoisotopic (exact) mass is 622 g/mol. The van der Waals surface area contributed by atoms with Crippen LogP contribution >= 0.6 is 15.9 Å². The molecule has 3 rings (SSSR count). The molecule has 0 spiro atoms. The van der Waals surface area contributed by atoms with E-state index in [1.165, 1.54) is 24.8 Å². The number of ether oxygens (including phenoxy) is 4. The van der Waals surface area contributed by atoms with Crippen LogP contribution in [0.25, 0.3) is 0 Å². The molecule has 0 unspecified atom stereocenters. The lowest BCUT2D eigenvalue weighted by Crippen LogP contribution is -2.54. The normalized spacial score (nSPS) is 10.8. The first kappa shape index (κ1) is 32.1. The van der Waals surface area contributed by atoms with Gasteiger partial charge in [-0.3, -0.25) is 0 Å². The minimum absolute atomic E-state index is 0.0205. The van der Waals surface area contributed by atoms with Gasteiger partial charge in [0, 0.05) is 10.9 Å². The second-order valence-electron chi connectivity index (χ2n) is 7.68. The number of aromatic nitrogens is 6. The summed E-state index contributed by atoms with van der Waals surface area (Å²) in [6, 6.07) is 6.00. The minimum Gasteiger partial charge on any atom is -0.464 e. The standard InChI is InChI=1S/C16H18BrN3O4.C9H13N3O4/c1-3-23-14(21)16(15(22)24-4-2,20-18-9-10-19-20)11-12-5-7-13(17)8-6-12;1-3-15-8(13)7(9(14)16-4-2)12-10-5-6-11-12/h5-10H,3-4,11H2,1-2H3;5-7H,3-4H2,1-2H3. The lowest BCUT2D eigenvalue weighted by Gasteiger charge is -2.28. The summed E-state index contributed by atoms with van der Waals surface area (Å²) in [5, 5.41) is 15.5. The first-order valence-corrected chi connectivity index (χ1v) is 13.2. The van der Waals surface area contributed by atoms with E-state index in [2.05, 4.69) is 36.3 Å². The maximum atomic E-state index is 12.7. The number of halogens is 1. The predicted octanol–water partition coefficient (Wildman–Crippen LogP) is 2.05. The van der Waals surface area contributed by atoms with Crippen LogP contribution in [0, 0.1) is 0 Å². The van der Waals surface area contributed by atoms with Gasteiger partial charge in [-0.2, -0.15) is 30.0 Å². The molecule has 0 N–H and O–H groups in total. The van der Waals surface area contributed by atoms with Crippen LogP contribution in [0.1, 0.15) is 39.3 Å². The van der Waals surface area contributed by atoms with Crippen molar-refractivity contribution in [2.75, 3.05) is 26.4 Å². The molecule has 0 atom stereocenters. The van der Waals surface area contributed by atoms with Crippen molar-refractivity contribution in [1.82, 2.24) is 30.0 Å². The summed E-state index contributed by atoms with van der Waals surface area (Å²) in [5.74, 6) is -2.94. The van der Waals surface area contributed by atoms with Gasteiger partial charge < -0.3 is 18.9 Å². The summed E-state index contributed by atoms with van der Waals surface area (Å²) in [5.41, 5.74) is -1.06. The van der Waals surface area contributed by atoms with Crippen LogP contribution in [-0.4, -0.2) is 80.3 Å². The molecule has 2 aromatic heterocycles. The van der Waals surface area contributed by atoms with Crippen LogP contribution in [0.2, 0.25) is 0 Å². The first-order chi connectivity index (χ1) is 19.2. The Morgan fingerprint density at radius 1 is 0.725 bits per heavy atom. The van der Waals surface area contributed by atoms with E-state index < -0.39 is 35.5 Å². The second kappa shape index (κ2) is 16.1. The molecular formula is C25H31BrN6O8. The molecule has 0 saturated heterocycles. The number of esters is 4. The lowest BCUT2D eigenvalue weighted by molar-refractivity contribution is -0.172. The van der Waals surface area contributed by atoms with Gasteiger partial charge in [0.1, 0.15) is 0 Å². The Bertz CT molecular complexity index is 1180. The van der Waals surface area contributed by atoms with E-state index in [1.807, 2.05) is 12.1 Å². The maximum absolute atomic E-state index is 12.7. The smallest absolute Gasteiger partial charge is 0.348 e. The second-order valence-corrected chi connectivity index (χ2v) is 8.59. The molecule has 0 aliphatic heterocycles. The molecule has 0 bridgehead atoms. The van der Waals surface area contributed by atoms with Crippen molar-refractivity contribution in [2.45, 2.75) is 45.7 Å². The van der Waals surface area contributed by atoms with Gasteiger partial charge in [0.15, 0.2) is 0 Å². The molecule has 15 heteroatoms. The Labute approximate surface area is 239 Å². The quantitative estimate of drug-likeness (QED) is 0.164. The minimum atomic E-state index is -1.80. The number of carbonyl (C=O) groups excluding carboxylic acids is 4. The van der Waals surface area contributed by atoms with Gasteiger partial charge in [-0.15, -0.1) is 0 Å². The third-order valence-electron chi connectivity index (χ3n) is 5.05. The van der Waals surface area contributed by atoms with Crippen molar-refractivity contribution in [1.29, 1.82) is 0 Å². The van der Waals surface area contributed by atoms with E-state index in [4.69, 9.17) is 18.9 Å². The Morgan fingerprint density at radius 2 is 1.15 bits per heavy atom. The van der Waals surface area contributed by atoms with Crippen LogP contribution in [-0.2, 0) is 50.1 Å². The van der Waals surface area contributed by atoms with Gasteiger partial charge in [0.2, 0.25) is 0 Å². The SMILES string of the molecule is CCOC(=O)C(C(=O)OCC)n1nccn1.CCOC(=O)C(Cc1ccc(Br)cc1)(C(=O)OCC)n1nccn1. The third kappa shape index (κ3) is 8.18. The number of carbonyl (C=O) groups is 4. The van der Waals surface area contributed by atoms with E-state index in [0.717, 1.165) is 19.6 Å². The largest absolute Gasteiger partial charge is 0.464 e. The topological polar surface area (TPSA) is 167 Å². The Hall–Kier alpha value is -4.14. The molecule has 14 nitrogen and oxygen atoms in total. The zero-order valence-corrected chi connectivity index (χ0v) is 24.1. The molecule has 216 valence electrons. The fourth-order valence-corrected chi connectivity index (χ4v) is 3.62. The molecule has 1 aromatic carbocycles. The lowest BCUT2D eigenvalue weighted by atomic mass is 9.91. The summed E-state index contributed by atoms with van der Waals surface area (Å²) in [4.78, 5) is 50.5. The van der Waals surface area contributed by atoms with E-state index in [1.54, 1.807) is 39.8 Å². The van der Waals surface area contributed by atoms with Crippen LogP contribution in [0.4, 0.5) is 0 Å². The van der Waals surface area contributed by atoms with Gasteiger partial charge in [-0.05, 0) is 45.4 Å². The van der Waals surface area contributed by atoms with Gasteiger partial charge in [-0.25, -0.2) is 19.2 Å². The van der Waals surface area contributed by atoms with Gasteiger partial charge in [0.05, 0.1) is 51.2 Å². The van der Waals surface area contributed by atoms with Crippen LogP contribution in [0.15, 0.2) is 53.5 Å². The summed E-state index contributed by atoms with van der Waals surface area (Å²) < 4.78 is 20.7. The summed E-state index contributed by atoms with van der Waals surface area (Å²) in [7, 11) is 0. The van der Waals surface area contributed by atoms with Crippen molar-refractivity contribution in [3.63, 3.8) is 0 Å². The van der Waals surface area contributed by atoms with E-state index in [0.29, 0.717) is 0 Å². The highest BCUT2D eigenvalue weighted by Gasteiger charge is 2.53. The summed E-state index contributed by atoms with van der Waals surface area (Å²) in [6.45, 7) is 7.25. The van der Waals surface area contributed by atoms with Crippen molar-refractivity contribution in [2.24, 2.45) is 0 Å². The van der Waals surface area contributed by atoms with Crippen LogP contribution in [0.5, 0.6) is 0 Å². The molecule has 40 heavy (non-hydrogen) atoms. The Morgan fingerprint density at radius 3 is 1.57 bits per heavy atom. The van der Waals surface area contributed by atoms with Crippen molar-refractivity contribution in [3.05, 3.63) is 59.1 Å². The van der Waals surface area contributed by atoms with E-state index >= 15 is 0 Å². The molecule has 0 fully saturated rings. The molecule has 0 amide bonds. The van der Waals surface area contributed by atoms with E-state index in [-0.39, 0.29) is 32.8 Å². The van der Waals surface area contributed by atoms with Gasteiger partial charge in [-0.1, -0.05) is 28.1 Å². The first-order valence-electron chi connectivity index (χ1n) is 12.4. The molecule has 0 saturated carbocycles. The molecule has 2 heterocycles. The molecule has 0 radical (unpaired) electrons. The fraction of sp³-hybridized carbons (Fsp3) is 0.440. The number of nitrogens with zero attached hydrogens (tertiary/aromatic N) is 6. The number of hydrogen-bond donors (Lipinski definition) is 0. The van der Waals surface area contributed by atoms with Gasteiger partial charge in [0.25, 0.3) is 11.6 Å². The fourth-order valence-electron chi connectivity index (χ4n) is 3.36. The Balaban J connectivity index is 0.000000305. The average Bonchev–Trinajstić information content (AvgIpc) is 3.65. The highest BCUT2D eigenvalue weighted by molar-refractivity contribution is 9.10. The third-order valence-corrected chi connectivity index (χ3v) is 5.58. The number of benzene rings is 1. The number of hydrogen-bond acceptors (Lipinski definition) is 12. The maximum Gasteiger partial charge on any atom is 0.348 e. The van der Waals surface area contributed by atoms with Gasteiger partial charge >= 0.3 is 23.9 Å². The van der Waals surface area contributed by atoms with Crippen molar-refractivity contribution in [3.8, 4) is 0 Å². The van der Waals surface area contributed by atoms with E-state index in [9.17, 15) is 19.2 Å². The van der Waals surface area contributed by atoms with Crippen molar-refractivity contribution >= 4 is 39.8 Å². The number of rotatable bonds is 12. The average molecular weight is 623 g/mol. The summed E-state index contributed by atoms with van der Waals surface area (Å²) in [6.07, 6.45) is 5.55. The molecule has 3 aromatic rings. The van der Waals surface area contributed by atoms with Crippen molar-refractivity contribution < 1.29 is 38.1 Å². The summed E-state index contributed by atoms with van der Waals surface area (Å²) >= 11 is 3.36. The molecule has 0 aliphatic carbocycles. The predicted molar refractivity (Wildman–Crippen MR) is 141 cm³/mol. The highest BCUT2D eigenvalue weighted by atomic mass is 79.9. The zero-order chi connectivity index (χ0) is 29.5. The highest BCUT2D eigenvalue weighted by Crippen LogP contribution is 2.26. The Kier molecular flexibility index (Phi) is 12.9. The molecular weight excluding hydrogens is 592 g/mol. The zero-order valence-electron chi connectivity index (χ0n) is 22.6. The van der Waals surface area contributed by atoms with Crippen LogP contribution in [0.3, 0.4) is 0 Å². The van der Waals surface area contributed by atoms with Crippen LogP contribution < -0.4 is 0 Å². The molecule has 0 aliphatic rings.